The zero-order valence-electron chi connectivity index (χ0n) is 8.65. The molecule has 1 aromatic rings. The van der Waals surface area contributed by atoms with Gasteiger partial charge in [0.05, 0.1) is 3.79 Å². The predicted octanol–water partition coefficient (Wildman–Crippen LogP) is 1.75. The van der Waals surface area contributed by atoms with Gasteiger partial charge in [-0.15, -0.1) is 11.3 Å². The van der Waals surface area contributed by atoms with Gasteiger partial charge in [-0.25, -0.2) is 8.42 Å². The molecule has 2 rings (SSSR count). The van der Waals surface area contributed by atoms with Crippen molar-refractivity contribution in [2.45, 2.75) is 24.3 Å². The summed E-state index contributed by atoms with van der Waals surface area (Å²) in [5.41, 5.74) is 5.51. The van der Waals surface area contributed by atoms with E-state index in [1.165, 1.54) is 11.3 Å². The van der Waals surface area contributed by atoms with Crippen molar-refractivity contribution < 1.29 is 8.42 Å². The van der Waals surface area contributed by atoms with E-state index >= 15 is 0 Å². The number of hydrogen-bond acceptors (Lipinski definition) is 4. The first-order valence-corrected chi connectivity index (χ1v) is 8.09. The van der Waals surface area contributed by atoms with E-state index in [9.17, 15) is 8.42 Å². The zero-order valence-corrected chi connectivity index (χ0v) is 11.9. The summed E-state index contributed by atoms with van der Waals surface area (Å²) in [5, 5.41) is 0. The van der Waals surface area contributed by atoms with Crippen LogP contribution in [-0.2, 0) is 16.6 Å². The third kappa shape index (κ3) is 2.19. The number of nitrogens with zero attached hydrogens (tertiary/aromatic N) is 1. The predicted molar refractivity (Wildman–Crippen MR) is 67.9 cm³/mol. The Kier molecular flexibility index (Phi) is 3.70. The summed E-state index contributed by atoms with van der Waals surface area (Å²) in [6, 6.07) is 1.67. The lowest BCUT2D eigenvalue weighted by atomic mass is 10.4. The minimum absolute atomic E-state index is 0.361. The molecule has 0 amide bonds. The number of rotatable bonds is 3. The van der Waals surface area contributed by atoms with Crippen molar-refractivity contribution in [1.82, 2.24) is 4.31 Å². The number of sulfonamides is 1. The fourth-order valence-electron chi connectivity index (χ4n) is 1.74. The first-order chi connectivity index (χ1) is 7.55. The van der Waals surface area contributed by atoms with Crippen molar-refractivity contribution in [3.63, 3.8) is 0 Å². The average molecular weight is 325 g/mol. The van der Waals surface area contributed by atoms with Gasteiger partial charge in [-0.1, -0.05) is 0 Å². The average Bonchev–Trinajstić information content (AvgIpc) is 2.85. The molecule has 0 atom stereocenters. The number of nitrogens with two attached hydrogens (primary N) is 1. The maximum absolute atomic E-state index is 12.2. The van der Waals surface area contributed by atoms with Crippen LogP contribution < -0.4 is 5.73 Å². The molecular formula is C9H13BrN2O2S2. The van der Waals surface area contributed by atoms with Crippen molar-refractivity contribution in [3.8, 4) is 0 Å². The molecule has 1 saturated heterocycles. The van der Waals surface area contributed by atoms with Crippen LogP contribution in [-0.4, -0.2) is 25.8 Å². The fourth-order valence-corrected chi connectivity index (χ4v) is 5.77. The summed E-state index contributed by atoms with van der Waals surface area (Å²) in [6.45, 7) is 1.63. The largest absolute Gasteiger partial charge is 0.326 e. The Hall–Kier alpha value is 0.0500. The molecule has 0 saturated carbocycles. The van der Waals surface area contributed by atoms with Gasteiger partial charge in [0.15, 0.2) is 0 Å². The van der Waals surface area contributed by atoms with E-state index < -0.39 is 10.0 Å². The van der Waals surface area contributed by atoms with E-state index in [0.29, 0.717) is 28.3 Å². The van der Waals surface area contributed by atoms with E-state index in [0.717, 1.165) is 17.7 Å². The minimum atomic E-state index is -3.32. The fraction of sp³-hybridized carbons (Fsp3) is 0.556. The van der Waals surface area contributed by atoms with Gasteiger partial charge in [-0.2, -0.15) is 4.31 Å². The smallest absolute Gasteiger partial charge is 0.245 e. The highest BCUT2D eigenvalue weighted by molar-refractivity contribution is 9.11. The molecule has 1 aromatic heterocycles. The molecule has 1 aliphatic rings. The lowest BCUT2D eigenvalue weighted by molar-refractivity contribution is 0.477. The van der Waals surface area contributed by atoms with Crippen LogP contribution in [0.5, 0.6) is 0 Å². The van der Waals surface area contributed by atoms with E-state index in [1.807, 2.05) is 0 Å². The number of hydrogen-bond donors (Lipinski definition) is 1. The summed E-state index contributed by atoms with van der Waals surface area (Å²) in [4.78, 5) is 1.24. The molecule has 0 bridgehead atoms. The molecule has 90 valence electrons. The lowest BCUT2D eigenvalue weighted by Gasteiger charge is -2.14. The van der Waals surface area contributed by atoms with Gasteiger partial charge in [-0.05, 0) is 34.8 Å². The number of halogens is 1. The summed E-state index contributed by atoms with van der Waals surface area (Å²) < 4.78 is 26.7. The summed E-state index contributed by atoms with van der Waals surface area (Å²) >= 11 is 4.68. The zero-order chi connectivity index (χ0) is 11.8. The van der Waals surface area contributed by atoms with Crippen LogP contribution in [0.4, 0.5) is 0 Å². The molecule has 7 heteroatoms. The van der Waals surface area contributed by atoms with Gasteiger partial charge < -0.3 is 5.73 Å². The molecule has 4 nitrogen and oxygen atoms in total. The van der Waals surface area contributed by atoms with Crippen LogP contribution in [0.15, 0.2) is 14.7 Å². The first-order valence-electron chi connectivity index (χ1n) is 5.04. The third-order valence-corrected chi connectivity index (χ3v) is 6.76. The first kappa shape index (κ1) is 12.5. The molecule has 0 aliphatic carbocycles. The van der Waals surface area contributed by atoms with Crippen LogP contribution >= 0.6 is 27.3 Å². The van der Waals surface area contributed by atoms with E-state index in [-0.39, 0.29) is 0 Å². The highest BCUT2D eigenvalue weighted by Gasteiger charge is 2.30. The molecule has 16 heavy (non-hydrogen) atoms. The van der Waals surface area contributed by atoms with Crippen molar-refractivity contribution >= 4 is 37.3 Å². The monoisotopic (exact) mass is 324 g/mol. The topological polar surface area (TPSA) is 63.4 Å². The quantitative estimate of drug-likeness (QED) is 0.921. The second kappa shape index (κ2) is 4.73. The second-order valence-corrected chi connectivity index (χ2v) is 8.03. The van der Waals surface area contributed by atoms with Crippen molar-refractivity contribution in [2.75, 3.05) is 13.1 Å². The van der Waals surface area contributed by atoms with Gasteiger partial charge in [0.1, 0.15) is 4.90 Å². The lowest BCUT2D eigenvalue weighted by Crippen LogP contribution is -2.27. The minimum Gasteiger partial charge on any atom is -0.326 e. The summed E-state index contributed by atoms with van der Waals surface area (Å²) in [5.74, 6) is 0. The number of thiophene rings is 1. The van der Waals surface area contributed by atoms with Crippen LogP contribution in [0.3, 0.4) is 0 Å². The Morgan fingerprint density at radius 2 is 2.06 bits per heavy atom. The van der Waals surface area contributed by atoms with E-state index in [2.05, 4.69) is 15.9 Å². The maximum atomic E-state index is 12.2. The molecule has 0 aromatic carbocycles. The van der Waals surface area contributed by atoms with Crippen LogP contribution in [0.2, 0.25) is 0 Å². The standard InChI is InChI=1S/C9H13BrN2O2S2/c10-9-8(5-7(6-11)15-9)16(13,14)12-3-1-2-4-12/h5H,1-4,6,11H2. The van der Waals surface area contributed by atoms with E-state index in [4.69, 9.17) is 5.73 Å². The molecule has 0 radical (unpaired) electrons. The SMILES string of the molecule is NCc1cc(S(=O)(=O)N2CCCC2)c(Br)s1. The van der Waals surface area contributed by atoms with Gasteiger partial charge in [0.25, 0.3) is 0 Å². The molecule has 0 spiro atoms. The Bertz CT molecular complexity index is 478. The molecule has 1 aliphatic heterocycles. The Morgan fingerprint density at radius 3 is 2.56 bits per heavy atom. The maximum Gasteiger partial charge on any atom is 0.245 e. The van der Waals surface area contributed by atoms with Crippen molar-refractivity contribution in [1.29, 1.82) is 0 Å². The van der Waals surface area contributed by atoms with Crippen LogP contribution in [0.25, 0.3) is 0 Å². The Balaban J connectivity index is 2.38. The van der Waals surface area contributed by atoms with Gasteiger partial charge >= 0.3 is 0 Å². The van der Waals surface area contributed by atoms with E-state index in [1.54, 1.807) is 10.4 Å². The Labute approximate surface area is 108 Å². The van der Waals surface area contributed by atoms with Crippen molar-refractivity contribution in [3.05, 3.63) is 14.7 Å². The molecular weight excluding hydrogens is 312 g/mol. The third-order valence-electron chi connectivity index (χ3n) is 2.59. The van der Waals surface area contributed by atoms with Gasteiger partial charge in [0.2, 0.25) is 10.0 Å². The highest BCUT2D eigenvalue weighted by atomic mass is 79.9. The molecule has 2 heterocycles. The van der Waals surface area contributed by atoms with Gasteiger partial charge in [0, 0.05) is 24.5 Å². The summed E-state index contributed by atoms with van der Waals surface area (Å²) in [7, 11) is -3.32. The molecule has 1 fully saturated rings. The van der Waals surface area contributed by atoms with Crippen LogP contribution in [0.1, 0.15) is 17.7 Å². The molecule has 2 N–H and O–H groups in total. The van der Waals surface area contributed by atoms with Crippen LogP contribution in [0, 0.1) is 0 Å². The van der Waals surface area contributed by atoms with Crippen molar-refractivity contribution in [2.24, 2.45) is 5.73 Å². The molecule has 0 unspecified atom stereocenters. The Morgan fingerprint density at radius 1 is 1.44 bits per heavy atom. The summed E-state index contributed by atoms with van der Waals surface area (Å²) in [6.07, 6.45) is 1.90. The second-order valence-electron chi connectivity index (χ2n) is 3.67. The van der Waals surface area contributed by atoms with Gasteiger partial charge in [-0.3, -0.25) is 0 Å². The highest BCUT2D eigenvalue weighted by Crippen LogP contribution is 2.34. The normalized spacial score (nSPS) is 18.1.